The number of hydrogen-bond acceptors (Lipinski definition) is 14. The van der Waals surface area contributed by atoms with Gasteiger partial charge in [0.2, 0.25) is 0 Å². The van der Waals surface area contributed by atoms with Crippen LogP contribution in [-0.4, -0.2) is 95.5 Å². The van der Waals surface area contributed by atoms with Crippen LogP contribution in [0.1, 0.15) is 65.6 Å². The summed E-state index contributed by atoms with van der Waals surface area (Å²) in [6, 6.07) is 22.2. The van der Waals surface area contributed by atoms with E-state index in [1.54, 1.807) is 66.5 Å². The molecular weight excluding hydrogens is 1020 g/mol. The molecule has 21 heteroatoms. The number of nitrogens with one attached hydrogen (secondary N) is 1. The second kappa shape index (κ2) is 21.0. The number of nitrogens with zero attached hydrogens (tertiary/aromatic N) is 8. The van der Waals surface area contributed by atoms with E-state index < -0.39 is 75.8 Å². The summed E-state index contributed by atoms with van der Waals surface area (Å²) in [5.41, 5.74) is -1.46. The first kappa shape index (κ1) is 52.1. The Balaban J connectivity index is 1.13. The topological polar surface area (TPSA) is 132 Å². The molecule has 4 aromatic carbocycles. The first-order valence-electron chi connectivity index (χ1n) is 24.6. The SMILES string of the molecule is COc1ccc(CNc2ncncc2[C@@H](C)N2CCOc3c(Cl)c(-c4nc(N(Cc5ccc(OC)cc5)Cc5ccc(OC)cc5)cc(C)c4C(F)(F)F)c(F)c4nc(OC[C@@]56CCCN5CC(F)(F)C6)nc2c34)cc1. The number of aromatic nitrogens is 5. The third kappa shape index (κ3) is 10.4. The number of pyridine rings is 1. The minimum absolute atomic E-state index is 0.0531. The molecule has 0 saturated carbocycles. The molecule has 3 aromatic heterocycles. The van der Waals surface area contributed by atoms with Gasteiger partial charge < -0.3 is 38.8 Å². The minimum atomic E-state index is -5.06. The highest BCUT2D eigenvalue weighted by atomic mass is 35.5. The van der Waals surface area contributed by atoms with Gasteiger partial charge in [-0.1, -0.05) is 48.0 Å². The Kier molecular flexibility index (Phi) is 14.4. The molecule has 7 aromatic rings. The molecular formula is C55H54ClF6N9O5. The molecule has 14 nitrogen and oxygen atoms in total. The van der Waals surface area contributed by atoms with Crippen LogP contribution in [0.3, 0.4) is 0 Å². The van der Waals surface area contributed by atoms with Gasteiger partial charge in [-0.15, -0.1) is 0 Å². The summed E-state index contributed by atoms with van der Waals surface area (Å²) in [5.74, 6) is -1.90. The molecule has 2 atom stereocenters. The lowest BCUT2D eigenvalue weighted by molar-refractivity contribution is -0.137. The van der Waals surface area contributed by atoms with Crippen LogP contribution >= 0.6 is 11.6 Å². The number of fused-ring (bicyclic) bond motifs is 1. The zero-order chi connectivity index (χ0) is 53.5. The molecule has 2 fully saturated rings. The summed E-state index contributed by atoms with van der Waals surface area (Å²) in [7, 11) is 4.67. The van der Waals surface area contributed by atoms with Gasteiger partial charge >= 0.3 is 12.2 Å². The third-order valence-electron chi connectivity index (χ3n) is 14.4. The van der Waals surface area contributed by atoms with Gasteiger partial charge in [0.05, 0.1) is 73.2 Å². The molecule has 6 heterocycles. The number of methoxy groups -OCH3 is 3. The van der Waals surface area contributed by atoms with Crippen molar-refractivity contribution < 1.29 is 50.0 Å². The molecule has 3 aliphatic rings. The summed E-state index contributed by atoms with van der Waals surface area (Å²) in [5, 5.41) is 2.83. The summed E-state index contributed by atoms with van der Waals surface area (Å²) in [6.45, 7) is 3.54. The number of hydrogen-bond donors (Lipinski definition) is 1. The third-order valence-corrected chi connectivity index (χ3v) is 14.8. The van der Waals surface area contributed by atoms with E-state index in [1.807, 2.05) is 55.5 Å². The van der Waals surface area contributed by atoms with Crippen molar-refractivity contribution in [2.45, 2.75) is 76.4 Å². The van der Waals surface area contributed by atoms with Crippen molar-refractivity contribution in [1.29, 1.82) is 0 Å². The fraction of sp³-hybridized carbons (Fsp3) is 0.364. The number of halogens is 7. The lowest BCUT2D eigenvalue weighted by Crippen LogP contribution is -2.43. The van der Waals surface area contributed by atoms with Crippen LogP contribution in [0.2, 0.25) is 5.02 Å². The first-order valence-corrected chi connectivity index (χ1v) is 25.0. The average molecular weight is 1070 g/mol. The molecule has 0 radical (unpaired) electrons. The van der Waals surface area contributed by atoms with Gasteiger partial charge in [-0.2, -0.15) is 23.1 Å². The Labute approximate surface area is 439 Å². The number of alkyl halides is 5. The Morgan fingerprint density at radius 2 is 1.50 bits per heavy atom. The molecule has 0 aliphatic carbocycles. The standard InChI is InChI=1S/C55H54ClF6N9O5/c1-32-23-41(69(26-35-9-15-38(73-4)16-10-35)27-36-11-17-39(74-5)18-12-36)66-47(44(32)55(60,61)62)42-45(56)49-43-48(46(42)57)67-52(76-30-53-19-6-20-70(53)29-54(58,59)28-53)68-51(43)71(21-22-75-49)33(2)40-25-63-31-65-50(40)64-24-34-7-13-37(72-3)14-8-34/h7-18,23,25,31,33H,6,19-22,24,26-30H2,1-5H3,(H,63,64,65)/t33-,53+/m1/s1. The maximum atomic E-state index is 18.3. The fourth-order valence-corrected chi connectivity index (χ4v) is 10.9. The van der Waals surface area contributed by atoms with Gasteiger partial charge in [0.15, 0.2) is 11.6 Å². The second-order valence-corrected chi connectivity index (χ2v) is 19.7. The highest BCUT2D eigenvalue weighted by Crippen LogP contribution is 2.52. The van der Waals surface area contributed by atoms with Crippen molar-refractivity contribution in [3.8, 4) is 40.3 Å². The van der Waals surface area contributed by atoms with Crippen molar-refractivity contribution in [1.82, 2.24) is 29.8 Å². The lowest BCUT2D eigenvalue weighted by atomic mass is 9.94. The van der Waals surface area contributed by atoms with E-state index in [9.17, 15) is 0 Å². The van der Waals surface area contributed by atoms with Crippen LogP contribution in [0.15, 0.2) is 91.4 Å². The van der Waals surface area contributed by atoms with Crippen molar-refractivity contribution in [2.24, 2.45) is 0 Å². The zero-order valence-electron chi connectivity index (χ0n) is 42.3. The van der Waals surface area contributed by atoms with E-state index in [0.29, 0.717) is 54.6 Å². The molecule has 3 aliphatic heterocycles. The quantitative estimate of drug-likeness (QED) is 0.0868. The Bertz CT molecular complexity index is 3200. The Hall–Kier alpha value is -7.32. The molecule has 2 saturated heterocycles. The van der Waals surface area contributed by atoms with Gasteiger partial charge in [0.1, 0.15) is 59.8 Å². The number of ether oxygens (including phenoxy) is 5. The van der Waals surface area contributed by atoms with Crippen LogP contribution < -0.4 is 38.8 Å². The molecule has 0 amide bonds. The summed E-state index contributed by atoms with van der Waals surface area (Å²) >= 11 is 7.26. The molecule has 76 heavy (non-hydrogen) atoms. The summed E-state index contributed by atoms with van der Waals surface area (Å²) in [6.07, 6.45) is -1.43. The summed E-state index contributed by atoms with van der Waals surface area (Å²) < 4.78 is 124. The molecule has 398 valence electrons. The van der Waals surface area contributed by atoms with Crippen molar-refractivity contribution >= 4 is 40.0 Å². The van der Waals surface area contributed by atoms with E-state index in [2.05, 4.69) is 25.3 Å². The van der Waals surface area contributed by atoms with Crippen LogP contribution in [0, 0.1) is 12.7 Å². The molecule has 0 bridgehead atoms. The predicted octanol–water partition coefficient (Wildman–Crippen LogP) is 11.7. The molecule has 0 spiro atoms. The second-order valence-electron chi connectivity index (χ2n) is 19.3. The fourth-order valence-electron chi connectivity index (χ4n) is 10.6. The van der Waals surface area contributed by atoms with Gasteiger partial charge in [0, 0.05) is 37.8 Å². The minimum Gasteiger partial charge on any atom is -0.497 e. The zero-order valence-corrected chi connectivity index (χ0v) is 43.0. The Morgan fingerprint density at radius 1 is 0.868 bits per heavy atom. The maximum absolute atomic E-state index is 18.3. The van der Waals surface area contributed by atoms with E-state index in [4.69, 9.17) is 40.3 Å². The largest absolute Gasteiger partial charge is 0.497 e. The van der Waals surface area contributed by atoms with E-state index in [-0.39, 0.29) is 61.2 Å². The number of benzene rings is 4. The first-order chi connectivity index (χ1) is 36.5. The van der Waals surface area contributed by atoms with Crippen molar-refractivity contribution in [3.05, 3.63) is 136 Å². The van der Waals surface area contributed by atoms with Gasteiger partial charge in [-0.05, 0) is 98.0 Å². The lowest BCUT2D eigenvalue weighted by Gasteiger charge is -2.32. The van der Waals surface area contributed by atoms with Crippen LogP contribution in [-0.2, 0) is 25.8 Å². The Morgan fingerprint density at radius 3 is 2.12 bits per heavy atom. The van der Waals surface area contributed by atoms with Gasteiger partial charge in [0.25, 0.3) is 5.92 Å². The number of anilines is 3. The average Bonchev–Trinajstić information content (AvgIpc) is 3.85. The molecule has 0 unspecified atom stereocenters. The molecule has 10 rings (SSSR count). The van der Waals surface area contributed by atoms with E-state index in [1.165, 1.54) is 19.3 Å². The number of rotatable bonds is 17. The van der Waals surface area contributed by atoms with E-state index >= 15 is 26.3 Å². The molecule has 1 N–H and O–H groups in total. The van der Waals surface area contributed by atoms with E-state index in [0.717, 1.165) is 16.7 Å². The summed E-state index contributed by atoms with van der Waals surface area (Å²) in [4.78, 5) is 28.3. The highest BCUT2D eigenvalue weighted by Gasteiger charge is 2.57. The smallest absolute Gasteiger partial charge is 0.418 e. The number of aryl methyl sites for hydroxylation is 1. The van der Waals surface area contributed by atoms with Gasteiger partial charge in [-0.25, -0.2) is 28.1 Å². The van der Waals surface area contributed by atoms with Crippen LogP contribution in [0.4, 0.5) is 43.8 Å². The maximum Gasteiger partial charge on any atom is 0.418 e. The predicted molar refractivity (Wildman–Crippen MR) is 276 cm³/mol. The van der Waals surface area contributed by atoms with Gasteiger partial charge in [-0.3, -0.25) is 4.90 Å². The van der Waals surface area contributed by atoms with Crippen molar-refractivity contribution in [2.75, 3.05) is 69.3 Å². The monoisotopic (exact) mass is 1070 g/mol. The van der Waals surface area contributed by atoms with Crippen LogP contribution in [0.5, 0.6) is 29.0 Å². The normalized spacial score (nSPS) is 17.4. The highest BCUT2D eigenvalue weighted by molar-refractivity contribution is 6.36. The van der Waals surface area contributed by atoms with Crippen molar-refractivity contribution in [3.63, 3.8) is 0 Å². The van der Waals surface area contributed by atoms with Crippen LogP contribution in [0.25, 0.3) is 22.2 Å².